The predicted octanol–water partition coefficient (Wildman–Crippen LogP) is 4.44. The number of pyridine rings is 1. The van der Waals surface area contributed by atoms with E-state index in [2.05, 4.69) is 20.5 Å². The maximum Gasteiger partial charge on any atom is 0.416 e. The van der Waals surface area contributed by atoms with E-state index in [-0.39, 0.29) is 16.7 Å². The van der Waals surface area contributed by atoms with Crippen molar-refractivity contribution in [2.75, 3.05) is 5.32 Å². The Morgan fingerprint density at radius 2 is 1.86 bits per heavy atom. The number of anilines is 2. The van der Waals surface area contributed by atoms with Gasteiger partial charge in [0.05, 0.1) is 5.56 Å². The van der Waals surface area contributed by atoms with Crippen LogP contribution in [0.25, 0.3) is 10.9 Å². The molecule has 0 amide bonds. The zero-order valence-electron chi connectivity index (χ0n) is 10.9. The molecule has 0 bridgehead atoms. The lowest BCUT2D eigenvalue weighted by atomic mass is 10.2. The lowest BCUT2D eigenvalue weighted by Gasteiger charge is -2.11. The van der Waals surface area contributed by atoms with Crippen LogP contribution in [0.2, 0.25) is 5.15 Å². The first kappa shape index (κ1) is 14.5. The Hall–Kier alpha value is -2.41. The van der Waals surface area contributed by atoms with E-state index in [1.165, 1.54) is 18.3 Å². The molecule has 0 atom stereocenters. The molecule has 0 saturated carbocycles. The summed E-state index contributed by atoms with van der Waals surface area (Å²) in [6.07, 6.45) is -2.87. The molecule has 0 saturated heterocycles. The zero-order chi connectivity index (χ0) is 15.7. The van der Waals surface area contributed by atoms with Gasteiger partial charge in [-0.1, -0.05) is 17.7 Å². The maximum absolute atomic E-state index is 12.7. The van der Waals surface area contributed by atoms with Crippen LogP contribution in [0.15, 0.2) is 42.6 Å². The van der Waals surface area contributed by atoms with Crippen molar-refractivity contribution in [3.63, 3.8) is 0 Å². The number of nitrogens with zero attached hydrogens (tertiary/aromatic N) is 3. The molecule has 1 N–H and O–H groups in total. The predicted molar refractivity (Wildman–Crippen MR) is 77.1 cm³/mol. The second kappa shape index (κ2) is 5.42. The largest absolute Gasteiger partial charge is 0.416 e. The summed E-state index contributed by atoms with van der Waals surface area (Å²) in [7, 11) is 0. The van der Waals surface area contributed by atoms with Gasteiger partial charge in [0.15, 0.2) is 11.0 Å². The molecular formula is C14H8ClF3N4. The molecule has 0 aliphatic carbocycles. The molecule has 2 aromatic heterocycles. The fourth-order valence-corrected chi connectivity index (χ4v) is 2.14. The monoisotopic (exact) mass is 324 g/mol. The highest BCUT2D eigenvalue weighted by Crippen LogP contribution is 2.32. The summed E-state index contributed by atoms with van der Waals surface area (Å²) in [5.41, 5.74) is -0.0880. The fraction of sp³-hybridized carbons (Fsp3) is 0.0714. The van der Waals surface area contributed by atoms with Crippen LogP contribution in [0.4, 0.5) is 24.7 Å². The van der Waals surface area contributed by atoms with Crippen LogP contribution in [0.3, 0.4) is 0 Å². The molecule has 112 valence electrons. The molecule has 0 aliphatic heterocycles. The Balaban J connectivity index is 2.03. The number of fused-ring (bicyclic) bond motifs is 1. The first-order chi connectivity index (χ1) is 10.4. The molecule has 0 spiro atoms. The van der Waals surface area contributed by atoms with Gasteiger partial charge in [0.2, 0.25) is 0 Å². The van der Waals surface area contributed by atoms with E-state index in [4.69, 9.17) is 11.6 Å². The normalized spacial score (nSPS) is 11.6. The topological polar surface area (TPSA) is 50.7 Å². The van der Waals surface area contributed by atoms with Crippen molar-refractivity contribution >= 4 is 34.0 Å². The van der Waals surface area contributed by atoms with E-state index in [9.17, 15) is 13.2 Å². The molecule has 3 aromatic rings. The van der Waals surface area contributed by atoms with Gasteiger partial charge in [0, 0.05) is 17.3 Å². The van der Waals surface area contributed by atoms with Gasteiger partial charge >= 0.3 is 6.18 Å². The van der Waals surface area contributed by atoms with Crippen LogP contribution < -0.4 is 5.32 Å². The van der Waals surface area contributed by atoms with Crippen LogP contribution >= 0.6 is 11.6 Å². The number of hydrogen-bond donors (Lipinski definition) is 1. The summed E-state index contributed by atoms with van der Waals surface area (Å²) in [4.78, 5) is 4.14. The number of benzene rings is 1. The Morgan fingerprint density at radius 3 is 2.64 bits per heavy atom. The average molecular weight is 325 g/mol. The number of aromatic nitrogens is 3. The number of alkyl halides is 3. The molecule has 4 nitrogen and oxygen atoms in total. The van der Waals surface area contributed by atoms with E-state index in [0.29, 0.717) is 10.9 Å². The molecule has 1 aromatic carbocycles. The summed E-state index contributed by atoms with van der Waals surface area (Å²) < 4.78 is 38.2. The van der Waals surface area contributed by atoms with Gasteiger partial charge in [-0.15, -0.1) is 10.2 Å². The van der Waals surface area contributed by atoms with Gasteiger partial charge in [-0.3, -0.25) is 4.98 Å². The van der Waals surface area contributed by atoms with Crippen LogP contribution in [-0.4, -0.2) is 15.2 Å². The molecule has 2 heterocycles. The molecule has 0 radical (unpaired) electrons. The average Bonchev–Trinajstić information content (AvgIpc) is 2.50. The number of halogens is 4. The minimum atomic E-state index is -4.41. The van der Waals surface area contributed by atoms with Gasteiger partial charge in [-0.05, 0) is 30.3 Å². The minimum absolute atomic E-state index is 0.178. The highest BCUT2D eigenvalue weighted by atomic mass is 35.5. The van der Waals surface area contributed by atoms with Gasteiger partial charge in [-0.2, -0.15) is 13.2 Å². The number of hydrogen-bond acceptors (Lipinski definition) is 4. The number of rotatable bonds is 2. The van der Waals surface area contributed by atoms with Crippen LogP contribution in [0, 0.1) is 0 Å². The lowest BCUT2D eigenvalue weighted by Crippen LogP contribution is -2.05. The van der Waals surface area contributed by atoms with E-state index in [1.54, 1.807) is 12.1 Å². The van der Waals surface area contributed by atoms with Crippen molar-refractivity contribution in [3.05, 3.63) is 53.3 Å². The van der Waals surface area contributed by atoms with Crippen LogP contribution in [0.1, 0.15) is 5.56 Å². The molecule has 0 fully saturated rings. The van der Waals surface area contributed by atoms with Crippen molar-refractivity contribution < 1.29 is 13.2 Å². The van der Waals surface area contributed by atoms with Crippen molar-refractivity contribution in [2.24, 2.45) is 0 Å². The molecule has 8 heteroatoms. The first-order valence-electron chi connectivity index (χ1n) is 6.16. The Labute approximate surface area is 128 Å². The van der Waals surface area contributed by atoms with E-state index >= 15 is 0 Å². The van der Waals surface area contributed by atoms with E-state index < -0.39 is 11.7 Å². The lowest BCUT2D eigenvalue weighted by molar-refractivity contribution is -0.137. The SMILES string of the molecule is FC(F)(F)c1cccc(Nc2nnc(Cl)c3cccnc23)c1. The standard InChI is InChI=1S/C14H8ClF3N4/c15-12-10-5-2-6-19-11(10)13(22-21-12)20-9-4-1-3-8(7-9)14(16,17)18/h1-7H,(H,20,22). The number of nitrogens with one attached hydrogen (secondary N) is 1. The Bertz CT molecular complexity index is 836. The summed E-state index contributed by atoms with van der Waals surface area (Å²) >= 11 is 5.93. The van der Waals surface area contributed by atoms with Gasteiger partial charge < -0.3 is 5.32 Å². The Morgan fingerprint density at radius 1 is 1.05 bits per heavy atom. The first-order valence-corrected chi connectivity index (χ1v) is 6.54. The summed E-state index contributed by atoms with van der Waals surface area (Å²) in [6.45, 7) is 0. The second-order valence-corrected chi connectivity index (χ2v) is 4.80. The van der Waals surface area contributed by atoms with Crippen molar-refractivity contribution in [2.45, 2.75) is 6.18 Å². The molecule has 3 rings (SSSR count). The summed E-state index contributed by atoms with van der Waals surface area (Å²) in [5, 5.41) is 11.2. The Kier molecular flexibility index (Phi) is 3.58. The molecule has 22 heavy (non-hydrogen) atoms. The zero-order valence-corrected chi connectivity index (χ0v) is 11.7. The minimum Gasteiger partial charge on any atom is -0.337 e. The molecule has 0 unspecified atom stereocenters. The van der Waals surface area contributed by atoms with E-state index in [1.807, 2.05) is 0 Å². The smallest absolute Gasteiger partial charge is 0.337 e. The highest BCUT2D eigenvalue weighted by molar-refractivity contribution is 6.34. The maximum atomic E-state index is 12.7. The third-order valence-corrected chi connectivity index (χ3v) is 3.22. The molecular weight excluding hydrogens is 317 g/mol. The second-order valence-electron chi connectivity index (χ2n) is 4.44. The van der Waals surface area contributed by atoms with E-state index in [0.717, 1.165) is 12.1 Å². The van der Waals surface area contributed by atoms with Gasteiger partial charge in [0.1, 0.15) is 5.52 Å². The van der Waals surface area contributed by atoms with Crippen molar-refractivity contribution in [1.29, 1.82) is 0 Å². The fourth-order valence-electron chi connectivity index (χ4n) is 1.95. The summed E-state index contributed by atoms with van der Waals surface area (Å²) in [5.74, 6) is 0.235. The summed E-state index contributed by atoms with van der Waals surface area (Å²) in [6, 6.07) is 8.19. The highest BCUT2D eigenvalue weighted by Gasteiger charge is 2.30. The third kappa shape index (κ3) is 2.80. The van der Waals surface area contributed by atoms with Crippen molar-refractivity contribution in [3.8, 4) is 0 Å². The quantitative estimate of drug-likeness (QED) is 0.757. The van der Waals surface area contributed by atoms with Gasteiger partial charge in [-0.25, -0.2) is 0 Å². The molecule has 0 aliphatic rings. The van der Waals surface area contributed by atoms with Crippen LogP contribution in [0.5, 0.6) is 0 Å². The third-order valence-electron chi connectivity index (χ3n) is 2.94. The van der Waals surface area contributed by atoms with Crippen LogP contribution in [-0.2, 0) is 6.18 Å². The van der Waals surface area contributed by atoms with Gasteiger partial charge in [0.25, 0.3) is 0 Å². The van der Waals surface area contributed by atoms with Crippen molar-refractivity contribution in [1.82, 2.24) is 15.2 Å².